The molecule has 0 bridgehead atoms. The Morgan fingerprint density at radius 2 is 2.16 bits per heavy atom. The smallest absolute Gasteiger partial charge is 0.348 e. The van der Waals surface area contributed by atoms with E-state index in [9.17, 15) is 9.59 Å². The van der Waals surface area contributed by atoms with Crippen molar-refractivity contribution in [2.24, 2.45) is 0 Å². The van der Waals surface area contributed by atoms with Crippen molar-refractivity contribution in [3.63, 3.8) is 0 Å². The topological polar surface area (TPSA) is 69.9 Å². The highest BCUT2D eigenvalue weighted by molar-refractivity contribution is 5.76. The number of rotatable bonds is 3. The van der Waals surface area contributed by atoms with Gasteiger partial charge < -0.3 is 9.47 Å². The molecule has 3 heterocycles. The molecule has 6 heteroatoms. The fraction of sp³-hybridized carbons (Fsp3) is 0.211. The van der Waals surface area contributed by atoms with Crippen LogP contribution in [0.25, 0.3) is 5.65 Å². The number of hydrogen-bond donors (Lipinski definition) is 0. The normalized spacial score (nSPS) is 15.6. The second-order valence-corrected chi connectivity index (χ2v) is 6.04. The number of para-hydroxylation sites is 1. The zero-order chi connectivity index (χ0) is 17.4. The first kappa shape index (κ1) is 15.4. The van der Waals surface area contributed by atoms with Gasteiger partial charge in [-0.3, -0.25) is 9.20 Å². The second kappa shape index (κ2) is 6.05. The van der Waals surface area contributed by atoms with Gasteiger partial charge in [-0.25, -0.2) is 9.78 Å². The lowest BCUT2D eigenvalue weighted by Gasteiger charge is -2.10. The molecule has 0 amide bonds. The van der Waals surface area contributed by atoms with Crippen molar-refractivity contribution in [2.45, 2.75) is 26.1 Å². The van der Waals surface area contributed by atoms with Crippen molar-refractivity contribution in [2.75, 3.05) is 0 Å². The molecule has 1 atom stereocenters. The summed E-state index contributed by atoms with van der Waals surface area (Å²) >= 11 is 0. The van der Waals surface area contributed by atoms with Crippen LogP contribution in [-0.2, 0) is 22.6 Å². The molecule has 6 nitrogen and oxygen atoms in total. The summed E-state index contributed by atoms with van der Waals surface area (Å²) in [6.45, 7) is 1.86. The van der Waals surface area contributed by atoms with Gasteiger partial charge in [-0.05, 0) is 36.2 Å². The lowest BCUT2D eigenvalue weighted by Crippen LogP contribution is -2.27. The lowest BCUT2D eigenvalue weighted by molar-refractivity contribution is -0.152. The minimum Gasteiger partial charge on any atom is -0.478 e. The maximum atomic E-state index is 12.2. The van der Waals surface area contributed by atoms with E-state index in [1.165, 1.54) is 10.5 Å². The van der Waals surface area contributed by atoms with E-state index in [1.54, 1.807) is 6.20 Å². The third-order valence-corrected chi connectivity index (χ3v) is 4.15. The summed E-state index contributed by atoms with van der Waals surface area (Å²) in [4.78, 5) is 28.7. The molecule has 4 rings (SSSR count). The number of fused-ring (bicyclic) bond motifs is 2. The van der Waals surface area contributed by atoms with E-state index in [2.05, 4.69) is 4.98 Å². The van der Waals surface area contributed by atoms with Crippen LogP contribution in [0.3, 0.4) is 0 Å². The number of hydrogen-bond acceptors (Lipinski definition) is 5. The third kappa shape index (κ3) is 2.98. The molecule has 0 radical (unpaired) electrons. The van der Waals surface area contributed by atoms with Crippen molar-refractivity contribution >= 4 is 11.6 Å². The number of pyridine rings is 1. The lowest BCUT2D eigenvalue weighted by atomic mass is 10.1. The van der Waals surface area contributed by atoms with Crippen molar-refractivity contribution < 1.29 is 14.3 Å². The summed E-state index contributed by atoms with van der Waals surface area (Å²) in [5.74, 6) is 0.254. The summed E-state index contributed by atoms with van der Waals surface area (Å²) in [7, 11) is 0. The first-order valence-corrected chi connectivity index (χ1v) is 8.00. The Labute approximate surface area is 143 Å². The van der Waals surface area contributed by atoms with Crippen molar-refractivity contribution in [1.82, 2.24) is 9.38 Å². The van der Waals surface area contributed by atoms with Gasteiger partial charge in [-0.15, -0.1) is 0 Å². The van der Waals surface area contributed by atoms with Crippen LogP contribution in [0.2, 0.25) is 0 Å². The van der Waals surface area contributed by atoms with E-state index >= 15 is 0 Å². The Morgan fingerprint density at radius 1 is 1.32 bits per heavy atom. The van der Waals surface area contributed by atoms with Crippen LogP contribution in [0.4, 0.5) is 0 Å². The van der Waals surface area contributed by atoms with Crippen molar-refractivity contribution in [3.05, 3.63) is 75.8 Å². The van der Waals surface area contributed by atoms with Gasteiger partial charge >= 0.3 is 5.97 Å². The van der Waals surface area contributed by atoms with Gasteiger partial charge in [0.25, 0.3) is 5.56 Å². The van der Waals surface area contributed by atoms with Crippen LogP contribution >= 0.6 is 0 Å². The molecule has 1 aromatic carbocycles. The van der Waals surface area contributed by atoms with Crippen LogP contribution in [0.5, 0.6) is 5.75 Å². The van der Waals surface area contributed by atoms with Gasteiger partial charge in [-0.1, -0.05) is 18.2 Å². The predicted molar refractivity (Wildman–Crippen MR) is 90.6 cm³/mol. The van der Waals surface area contributed by atoms with Gasteiger partial charge in [0, 0.05) is 18.7 Å². The number of esters is 1. The van der Waals surface area contributed by atoms with Crippen LogP contribution < -0.4 is 10.3 Å². The third-order valence-electron chi connectivity index (χ3n) is 4.15. The van der Waals surface area contributed by atoms with Crippen LogP contribution in [-0.4, -0.2) is 21.5 Å². The van der Waals surface area contributed by atoms with Gasteiger partial charge in [0.2, 0.25) is 0 Å². The van der Waals surface area contributed by atoms with Gasteiger partial charge in [0.1, 0.15) is 18.0 Å². The quantitative estimate of drug-likeness (QED) is 0.685. The average molecular weight is 336 g/mol. The molecule has 1 aliphatic rings. The fourth-order valence-electron chi connectivity index (χ4n) is 2.88. The number of ether oxygens (including phenoxy) is 2. The minimum absolute atomic E-state index is 0.0608. The number of nitrogens with zero attached hydrogens (tertiary/aromatic N) is 2. The first-order chi connectivity index (χ1) is 12.1. The van der Waals surface area contributed by atoms with Crippen molar-refractivity contribution in [3.8, 4) is 5.75 Å². The van der Waals surface area contributed by atoms with E-state index in [-0.39, 0.29) is 12.2 Å². The molecular formula is C19H16N2O4. The minimum atomic E-state index is -0.652. The molecule has 0 fully saturated rings. The zero-order valence-electron chi connectivity index (χ0n) is 13.6. The predicted octanol–water partition coefficient (Wildman–Crippen LogP) is 2.05. The molecule has 0 saturated carbocycles. The molecule has 0 saturated heterocycles. The SMILES string of the molecule is Cc1ccn2c(=O)cc(COC(=O)[C@H]3Cc4ccccc4O3)nc2c1. The molecule has 25 heavy (non-hydrogen) atoms. The summed E-state index contributed by atoms with van der Waals surface area (Å²) in [6, 6.07) is 12.5. The van der Waals surface area contributed by atoms with Crippen LogP contribution in [0, 0.1) is 6.92 Å². The Bertz CT molecular complexity index is 1000. The highest BCUT2D eigenvalue weighted by Gasteiger charge is 2.30. The summed E-state index contributed by atoms with van der Waals surface area (Å²) < 4.78 is 12.4. The zero-order valence-corrected chi connectivity index (χ0v) is 13.6. The fourth-order valence-corrected chi connectivity index (χ4v) is 2.88. The summed E-state index contributed by atoms with van der Waals surface area (Å²) in [5, 5.41) is 0. The average Bonchev–Trinajstić information content (AvgIpc) is 3.03. The second-order valence-electron chi connectivity index (χ2n) is 6.04. The molecule has 1 aliphatic heterocycles. The Morgan fingerprint density at radius 3 is 3.00 bits per heavy atom. The highest BCUT2D eigenvalue weighted by Crippen LogP contribution is 2.28. The van der Waals surface area contributed by atoms with E-state index < -0.39 is 12.1 Å². The summed E-state index contributed by atoms with van der Waals surface area (Å²) in [6.07, 6.45) is 1.52. The molecular weight excluding hydrogens is 320 g/mol. The van der Waals surface area contributed by atoms with E-state index in [1.807, 2.05) is 43.3 Å². The van der Waals surface area contributed by atoms with Gasteiger partial charge in [-0.2, -0.15) is 0 Å². The maximum absolute atomic E-state index is 12.2. The van der Waals surface area contributed by atoms with Gasteiger partial charge in [0.05, 0.1) is 5.69 Å². The van der Waals surface area contributed by atoms with E-state index in [0.29, 0.717) is 23.5 Å². The molecule has 0 unspecified atom stereocenters. The van der Waals surface area contributed by atoms with E-state index in [0.717, 1.165) is 11.1 Å². The Balaban J connectivity index is 1.47. The van der Waals surface area contributed by atoms with E-state index in [4.69, 9.17) is 9.47 Å². The van der Waals surface area contributed by atoms with Crippen LogP contribution in [0.15, 0.2) is 53.5 Å². The highest BCUT2D eigenvalue weighted by atomic mass is 16.6. The molecule has 0 aliphatic carbocycles. The Kier molecular flexibility index (Phi) is 3.72. The number of aromatic nitrogens is 2. The van der Waals surface area contributed by atoms with Crippen LogP contribution in [0.1, 0.15) is 16.8 Å². The largest absolute Gasteiger partial charge is 0.478 e. The standard InChI is InChI=1S/C19H16N2O4/c1-12-6-7-21-17(8-12)20-14(10-18(21)22)11-24-19(23)16-9-13-4-2-3-5-15(13)25-16/h2-8,10,16H,9,11H2,1H3/t16-/m1/s1. The number of aryl methyl sites for hydroxylation is 1. The summed E-state index contributed by atoms with van der Waals surface area (Å²) in [5.41, 5.74) is 2.73. The molecule has 126 valence electrons. The Hall–Kier alpha value is -3.15. The first-order valence-electron chi connectivity index (χ1n) is 8.00. The molecule has 3 aromatic rings. The van der Waals surface area contributed by atoms with Crippen molar-refractivity contribution in [1.29, 1.82) is 0 Å². The van der Waals surface area contributed by atoms with Gasteiger partial charge in [0.15, 0.2) is 6.10 Å². The molecule has 0 N–H and O–H groups in total. The maximum Gasteiger partial charge on any atom is 0.348 e. The number of carbonyl (C=O) groups is 1. The number of carbonyl (C=O) groups excluding carboxylic acids is 1. The number of benzene rings is 1. The molecule has 0 spiro atoms. The molecule has 2 aromatic heterocycles. The monoisotopic (exact) mass is 336 g/mol.